The van der Waals surface area contributed by atoms with Gasteiger partial charge in [0.05, 0.1) is 11.6 Å². The predicted molar refractivity (Wildman–Crippen MR) is 84.4 cm³/mol. The normalized spacial score (nSPS) is 18.0. The number of aromatic amines is 1. The molecule has 1 amide bonds. The molecule has 110 valence electrons. The van der Waals surface area contributed by atoms with Gasteiger partial charge >= 0.3 is 0 Å². The van der Waals surface area contributed by atoms with Crippen molar-refractivity contribution < 1.29 is 4.79 Å². The Hall–Kier alpha value is -2.23. The molecule has 2 aromatic rings. The maximum atomic E-state index is 12.9. The molecule has 0 radical (unpaired) electrons. The number of anilines is 1. The number of benzene rings is 1. The number of rotatable bonds is 4. The summed E-state index contributed by atoms with van der Waals surface area (Å²) in [7, 11) is 0. The highest BCUT2D eigenvalue weighted by atomic mass is 16.2. The van der Waals surface area contributed by atoms with E-state index < -0.39 is 0 Å². The van der Waals surface area contributed by atoms with Gasteiger partial charge in [-0.05, 0) is 44.0 Å². The van der Waals surface area contributed by atoms with Crippen LogP contribution >= 0.6 is 0 Å². The van der Waals surface area contributed by atoms with Gasteiger partial charge in [0.2, 0.25) is 0 Å². The van der Waals surface area contributed by atoms with E-state index in [0.29, 0.717) is 0 Å². The Morgan fingerprint density at radius 2 is 2.19 bits per heavy atom. The van der Waals surface area contributed by atoms with E-state index >= 15 is 0 Å². The monoisotopic (exact) mass is 283 g/mol. The average molecular weight is 283 g/mol. The molecule has 1 aliphatic heterocycles. The quantitative estimate of drug-likeness (QED) is 0.903. The highest BCUT2D eigenvalue weighted by molar-refractivity contribution is 6.00. The molecular weight excluding hydrogens is 262 g/mol. The van der Waals surface area contributed by atoms with Crippen LogP contribution in [0.3, 0.4) is 0 Å². The fourth-order valence-corrected chi connectivity index (χ4v) is 3.05. The number of H-pyrrole nitrogens is 1. The van der Waals surface area contributed by atoms with Crippen LogP contribution in [-0.2, 0) is 0 Å². The highest BCUT2D eigenvalue weighted by Gasteiger charge is 2.31. The maximum Gasteiger partial charge on any atom is 0.256 e. The molecule has 1 aromatic carbocycles. The third-order valence-electron chi connectivity index (χ3n) is 4.02. The first kappa shape index (κ1) is 13.7. The zero-order chi connectivity index (χ0) is 14.7. The van der Waals surface area contributed by atoms with Crippen LogP contribution < -0.4 is 5.32 Å². The summed E-state index contributed by atoms with van der Waals surface area (Å²) in [5, 5.41) is 3.27. The van der Waals surface area contributed by atoms with Crippen LogP contribution in [0.1, 0.15) is 41.9 Å². The number of para-hydroxylation sites is 1. The van der Waals surface area contributed by atoms with Crippen LogP contribution in [0.2, 0.25) is 0 Å². The molecule has 1 aliphatic rings. The number of nitrogens with one attached hydrogen (secondary N) is 2. The Bertz CT molecular complexity index is 606. The van der Waals surface area contributed by atoms with Crippen molar-refractivity contribution in [2.24, 2.45) is 0 Å². The van der Waals surface area contributed by atoms with E-state index in [2.05, 4.69) is 16.4 Å². The fourth-order valence-electron chi connectivity index (χ4n) is 3.05. The van der Waals surface area contributed by atoms with Gasteiger partial charge in [-0.25, -0.2) is 0 Å². The van der Waals surface area contributed by atoms with Crippen LogP contribution in [0.25, 0.3) is 0 Å². The van der Waals surface area contributed by atoms with Gasteiger partial charge < -0.3 is 15.2 Å². The molecule has 1 unspecified atom stereocenters. The molecule has 0 bridgehead atoms. The molecule has 21 heavy (non-hydrogen) atoms. The number of carbonyl (C=O) groups excluding carboxylic acids is 1. The van der Waals surface area contributed by atoms with Crippen molar-refractivity contribution in [1.82, 2.24) is 9.88 Å². The lowest BCUT2D eigenvalue weighted by molar-refractivity contribution is 0.0734. The molecular formula is C17H21N3O. The first-order chi connectivity index (χ1) is 10.3. The van der Waals surface area contributed by atoms with Crippen LogP contribution in [0.4, 0.5) is 5.69 Å². The standard InChI is InChI=1S/C17H21N3O/c1-2-18-14-8-4-3-7-13(14)17(21)20-12-6-10-16(20)15-9-5-11-19-15/h3-5,7-9,11,16,18-19H,2,6,10,12H2,1H3. The van der Waals surface area contributed by atoms with Crippen molar-refractivity contribution >= 4 is 11.6 Å². The van der Waals surface area contributed by atoms with Crippen molar-refractivity contribution in [2.75, 3.05) is 18.4 Å². The number of hydrogen-bond donors (Lipinski definition) is 2. The summed E-state index contributed by atoms with van der Waals surface area (Å²) in [6.45, 7) is 3.67. The summed E-state index contributed by atoms with van der Waals surface area (Å²) in [6.07, 6.45) is 4.00. The SMILES string of the molecule is CCNc1ccccc1C(=O)N1CCCC1c1ccc[nH]1. The molecule has 2 N–H and O–H groups in total. The Labute approximate surface area is 125 Å². The summed E-state index contributed by atoms with van der Waals surface area (Å²) >= 11 is 0. The van der Waals surface area contributed by atoms with E-state index in [9.17, 15) is 4.79 Å². The number of carbonyl (C=O) groups is 1. The Morgan fingerprint density at radius 3 is 2.95 bits per heavy atom. The topological polar surface area (TPSA) is 48.1 Å². The number of aromatic nitrogens is 1. The van der Waals surface area contributed by atoms with Crippen molar-refractivity contribution in [3.05, 3.63) is 53.9 Å². The summed E-state index contributed by atoms with van der Waals surface area (Å²) in [4.78, 5) is 18.2. The Kier molecular flexibility index (Phi) is 3.95. The van der Waals surface area contributed by atoms with Gasteiger partial charge in [-0.1, -0.05) is 12.1 Å². The lowest BCUT2D eigenvalue weighted by atomic mass is 10.1. The molecule has 4 nitrogen and oxygen atoms in total. The number of nitrogens with zero attached hydrogens (tertiary/aromatic N) is 1. The largest absolute Gasteiger partial charge is 0.385 e. The first-order valence-electron chi connectivity index (χ1n) is 7.58. The first-order valence-corrected chi connectivity index (χ1v) is 7.58. The van der Waals surface area contributed by atoms with E-state index in [-0.39, 0.29) is 11.9 Å². The van der Waals surface area contributed by atoms with Crippen LogP contribution in [0.5, 0.6) is 0 Å². The minimum Gasteiger partial charge on any atom is -0.385 e. The van der Waals surface area contributed by atoms with Gasteiger partial charge in [0, 0.05) is 30.7 Å². The third kappa shape index (κ3) is 2.66. The fraction of sp³-hybridized carbons (Fsp3) is 0.353. The van der Waals surface area contributed by atoms with Gasteiger partial charge in [0.15, 0.2) is 0 Å². The summed E-state index contributed by atoms with van der Waals surface area (Å²) in [6, 6.07) is 12.0. The predicted octanol–water partition coefficient (Wildman–Crippen LogP) is 3.42. The lowest BCUT2D eigenvalue weighted by Crippen LogP contribution is -2.31. The van der Waals surface area contributed by atoms with Crippen LogP contribution in [-0.4, -0.2) is 28.9 Å². The number of likely N-dealkylation sites (tertiary alicyclic amines) is 1. The molecule has 1 atom stereocenters. The van der Waals surface area contributed by atoms with Crippen molar-refractivity contribution in [3.8, 4) is 0 Å². The third-order valence-corrected chi connectivity index (χ3v) is 4.02. The summed E-state index contributed by atoms with van der Waals surface area (Å²) in [5.74, 6) is 0.114. The second kappa shape index (κ2) is 6.04. The minimum absolute atomic E-state index is 0.114. The van der Waals surface area contributed by atoms with Gasteiger partial charge in [-0.2, -0.15) is 0 Å². The van der Waals surface area contributed by atoms with E-state index in [1.165, 1.54) is 0 Å². The summed E-state index contributed by atoms with van der Waals surface area (Å²) < 4.78 is 0. The molecule has 0 aliphatic carbocycles. The Morgan fingerprint density at radius 1 is 1.33 bits per heavy atom. The second-order valence-electron chi connectivity index (χ2n) is 5.36. The van der Waals surface area contributed by atoms with Gasteiger partial charge in [-0.3, -0.25) is 4.79 Å². The number of amides is 1. The molecule has 1 saturated heterocycles. The Balaban J connectivity index is 1.88. The average Bonchev–Trinajstić information content (AvgIpc) is 3.18. The molecule has 1 fully saturated rings. The van der Waals surface area contributed by atoms with Crippen molar-refractivity contribution in [3.63, 3.8) is 0 Å². The minimum atomic E-state index is 0.114. The molecule has 3 rings (SSSR count). The molecule has 2 heterocycles. The van der Waals surface area contributed by atoms with Gasteiger partial charge in [0.25, 0.3) is 5.91 Å². The molecule has 0 saturated carbocycles. The smallest absolute Gasteiger partial charge is 0.256 e. The maximum absolute atomic E-state index is 12.9. The molecule has 1 aromatic heterocycles. The van der Waals surface area contributed by atoms with Crippen molar-refractivity contribution in [2.45, 2.75) is 25.8 Å². The highest BCUT2D eigenvalue weighted by Crippen LogP contribution is 2.33. The zero-order valence-corrected chi connectivity index (χ0v) is 12.3. The van der Waals surface area contributed by atoms with E-state index in [0.717, 1.165) is 42.9 Å². The lowest BCUT2D eigenvalue weighted by Gasteiger charge is -2.25. The van der Waals surface area contributed by atoms with Crippen LogP contribution in [0.15, 0.2) is 42.6 Å². The zero-order valence-electron chi connectivity index (χ0n) is 12.3. The van der Waals surface area contributed by atoms with Gasteiger partial charge in [-0.15, -0.1) is 0 Å². The van der Waals surface area contributed by atoms with E-state index in [1.54, 1.807) is 0 Å². The molecule has 0 spiro atoms. The summed E-state index contributed by atoms with van der Waals surface area (Å²) in [5.41, 5.74) is 2.81. The van der Waals surface area contributed by atoms with E-state index in [1.807, 2.05) is 48.4 Å². The number of hydrogen-bond acceptors (Lipinski definition) is 2. The van der Waals surface area contributed by atoms with Crippen LogP contribution in [0, 0.1) is 0 Å². The van der Waals surface area contributed by atoms with E-state index in [4.69, 9.17) is 0 Å². The van der Waals surface area contributed by atoms with Crippen molar-refractivity contribution in [1.29, 1.82) is 0 Å². The van der Waals surface area contributed by atoms with Gasteiger partial charge in [0.1, 0.15) is 0 Å². The molecule has 4 heteroatoms. The second-order valence-corrected chi connectivity index (χ2v) is 5.36.